The molecule has 4 fully saturated rings. The summed E-state index contributed by atoms with van der Waals surface area (Å²) in [5.74, 6) is 0.860. The van der Waals surface area contributed by atoms with E-state index in [2.05, 4.69) is 55.1 Å². The predicted molar refractivity (Wildman–Crippen MR) is 231 cm³/mol. The van der Waals surface area contributed by atoms with Crippen LogP contribution in [0.4, 0.5) is 22.0 Å². The van der Waals surface area contributed by atoms with Crippen molar-refractivity contribution in [2.75, 3.05) is 74.5 Å². The largest absolute Gasteiger partial charge is 0.507 e. The minimum atomic E-state index is -0.355. The number of benzene rings is 3. The number of morpholine rings is 1. The minimum absolute atomic E-state index is 0.0779. The summed E-state index contributed by atoms with van der Waals surface area (Å²) >= 11 is 0. The number of phenolic OH excluding ortho intramolecular Hbond substituents is 1. The fourth-order valence-electron chi connectivity index (χ4n) is 9.65. The van der Waals surface area contributed by atoms with Crippen molar-refractivity contribution in [1.82, 2.24) is 29.9 Å². The second kappa shape index (κ2) is 16.6. The molecule has 4 N–H and O–H groups in total. The number of nitrogen functional groups attached to an aromatic ring is 1. The number of anilines is 3. The van der Waals surface area contributed by atoms with Crippen molar-refractivity contribution in [1.29, 1.82) is 0 Å². The number of imide groups is 1. The van der Waals surface area contributed by atoms with E-state index in [-0.39, 0.29) is 29.7 Å². The van der Waals surface area contributed by atoms with E-state index in [0.29, 0.717) is 67.3 Å². The van der Waals surface area contributed by atoms with E-state index in [0.717, 1.165) is 97.4 Å². The number of phenols is 1. The zero-order valence-electron chi connectivity index (χ0n) is 34.3. The van der Waals surface area contributed by atoms with Gasteiger partial charge in [-0.15, -0.1) is 10.2 Å². The number of nitrogens with two attached hydrogens (primary N) is 1. The Morgan fingerprint density at radius 1 is 0.900 bits per heavy atom. The lowest BCUT2D eigenvalue weighted by molar-refractivity contribution is -0.120. The molecule has 1 atom stereocenters. The molecule has 0 bridgehead atoms. The molecule has 3 aromatic carbocycles. The summed E-state index contributed by atoms with van der Waals surface area (Å²) < 4.78 is 8.64. The molecule has 4 amide bonds. The molecule has 5 aromatic rings. The monoisotopic (exact) mass is 811 g/mol. The van der Waals surface area contributed by atoms with Gasteiger partial charge >= 0.3 is 6.03 Å². The van der Waals surface area contributed by atoms with Crippen molar-refractivity contribution in [2.24, 2.45) is 5.92 Å². The van der Waals surface area contributed by atoms with Crippen LogP contribution in [0.25, 0.3) is 22.2 Å². The fourth-order valence-corrected chi connectivity index (χ4v) is 9.65. The first-order chi connectivity index (χ1) is 29.1. The maximum Gasteiger partial charge on any atom is 0.328 e. The van der Waals surface area contributed by atoms with Gasteiger partial charge in [0.1, 0.15) is 11.9 Å². The standard InChI is InChI=1S/C46H53N9O5/c1-29-23-38-36(39(24-29)55-20-14-43(57)48-46(55)59)13-19-54(38)33-11-15-51(16-12-33)27-31-9-17-52(18-10-31)45(58)32-7-8-34(30(2)25-32)42-28-53(21-22-60-42)40-26-37(49-50-44(40)47)35-5-3-4-6-41(35)56/h3-8,13,19,23-26,31,33,42,56H,9-12,14-18,20-22,27-28H2,1-2H3,(H2,47,50)(H,48,57,59)/t42-/m1/s1. The van der Waals surface area contributed by atoms with Gasteiger partial charge in [0, 0.05) is 87.5 Å². The van der Waals surface area contributed by atoms with Crippen molar-refractivity contribution in [3.05, 3.63) is 95.2 Å². The number of carbonyl (C=O) groups excluding carboxylic acids is 3. The molecule has 0 spiro atoms. The highest BCUT2D eigenvalue weighted by Gasteiger charge is 2.31. The van der Waals surface area contributed by atoms with Crippen molar-refractivity contribution < 1.29 is 24.2 Å². The molecule has 4 saturated heterocycles. The summed E-state index contributed by atoms with van der Waals surface area (Å²) in [6, 6.07) is 21.3. The van der Waals surface area contributed by atoms with Crippen molar-refractivity contribution >= 4 is 45.9 Å². The first-order valence-corrected chi connectivity index (χ1v) is 21.2. The van der Waals surface area contributed by atoms with Crippen LogP contribution in [0.2, 0.25) is 0 Å². The number of likely N-dealkylation sites (tertiary alicyclic amines) is 2. The molecule has 9 rings (SSSR count). The van der Waals surface area contributed by atoms with E-state index in [1.54, 1.807) is 23.1 Å². The summed E-state index contributed by atoms with van der Waals surface area (Å²) in [4.78, 5) is 46.7. The molecule has 60 heavy (non-hydrogen) atoms. The number of hydrogen-bond acceptors (Lipinski definition) is 10. The Morgan fingerprint density at radius 2 is 1.70 bits per heavy atom. The Balaban J connectivity index is 0.775. The van der Waals surface area contributed by atoms with Gasteiger partial charge in [-0.2, -0.15) is 0 Å². The number of fused-ring (bicyclic) bond motifs is 1. The van der Waals surface area contributed by atoms with Gasteiger partial charge in [-0.25, -0.2) is 4.79 Å². The van der Waals surface area contributed by atoms with Crippen LogP contribution in [0.1, 0.15) is 71.3 Å². The molecule has 0 radical (unpaired) electrons. The molecule has 0 saturated carbocycles. The van der Waals surface area contributed by atoms with Gasteiger partial charge < -0.3 is 34.8 Å². The topological polar surface area (TPSA) is 162 Å². The third kappa shape index (κ3) is 7.88. The number of nitrogens with zero attached hydrogens (tertiary/aromatic N) is 7. The molecular formula is C46H53N9O5. The van der Waals surface area contributed by atoms with Crippen LogP contribution in [-0.4, -0.2) is 106 Å². The molecule has 4 aliphatic heterocycles. The molecule has 0 unspecified atom stereocenters. The molecule has 4 aliphatic rings. The van der Waals surface area contributed by atoms with Crippen molar-refractivity contribution in [3.63, 3.8) is 0 Å². The van der Waals surface area contributed by atoms with Gasteiger partial charge in [0.2, 0.25) is 5.91 Å². The normalized spacial score (nSPS) is 19.9. The van der Waals surface area contributed by atoms with Gasteiger partial charge in [0.25, 0.3) is 5.91 Å². The molecule has 312 valence electrons. The van der Waals surface area contributed by atoms with Crippen LogP contribution < -0.4 is 20.9 Å². The summed E-state index contributed by atoms with van der Waals surface area (Å²) in [6.07, 6.45) is 6.34. The number of rotatable bonds is 8. The molecule has 2 aromatic heterocycles. The van der Waals surface area contributed by atoms with Gasteiger partial charge in [0.15, 0.2) is 5.82 Å². The number of nitrogens with one attached hydrogen (secondary N) is 1. The number of aromatic hydroxyl groups is 1. The number of aryl methyl sites for hydroxylation is 2. The van der Waals surface area contributed by atoms with Gasteiger partial charge in [-0.05, 0) is 111 Å². The number of aromatic nitrogens is 3. The number of amides is 4. The third-order valence-corrected chi connectivity index (χ3v) is 12.9. The van der Waals surface area contributed by atoms with Crippen LogP contribution in [-0.2, 0) is 9.53 Å². The van der Waals surface area contributed by atoms with E-state index in [1.165, 1.54) is 0 Å². The van der Waals surface area contributed by atoms with E-state index >= 15 is 0 Å². The average Bonchev–Trinajstić information content (AvgIpc) is 3.68. The summed E-state index contributed by atoms with van der Waals surface area (Å²) in [6.45, 7) is 10.8. The maximum absolute atomic E-state index is 13.8. The number of urea groups is 1. The molecule has 0 aliphatic carbocycles. The molecule has 6 heterocycles. The summed E-state index contributed by atoms with van der Waals surface area (Å²) in [7, 11) is 0. The summed E-state index contributed by atoms with van der Waals surface area (Å²) in [5.41, 5.74) is 14.0. The second-order valence-corrected chi connectivity index (χ2v) is 16.9. The Hall–Kier alpha value is -5.99. The van der Waals surface area contributed by atoms with Crippen molar-refractivity contribution in [3.8, 4) is 17.0 Å². The number of hydrogen-bond donors (Lipinski definition) is 3. The second-order valence-electron chi connectivity index (χ2n) is 16.9. The van der Waals surface area contributed by atoms with Crippen molar-refractivity contribution in [2.45, 2.75) is 58.1 Å². The Labute approximate surface area is 349 Å². The Bertz CT molecular complexity index is 2430. The zero-order chi connectivity index (χ0) is 41.5. The lowest BCUT2D eigenvalue weighted by Gasteiger charge is -2.38. The highest BCUT2D eigenvalue weighted by Crippen LogP contribution is 2.37. The Kier molecular flexibility index (Phi) is 10.9. The number of ether oxygens (including phenoxy) is 1. The van der Waals surface area contributed by atoms with Gasteiger partial charge in [-0.3, -0.25) is 19.8 Å². The van der Waals surface area contributed by atoms with Crippen LogP contribution in [0.5, 0.6) is 5.75 Å². The zero-order valence-corrected chi connectivity index (χ0v) is 34.3. The maximum atomic E-state index is 13.8. The summed E-state index contributed by atoms with van der Waals surface area (Å²) in [5, 5.41) is 22.3. The van der Waals surface area contributed by atoms with Crippen LogP contribution in [0.3, 0.4) is 0 Å². The number of carbonyl (C=O) groups is 3. The quantitative estimate of drug-likeness (QED) is 0.164. The van der Waals surface area contributed by atoms with Gasteiger partial charge in [0.05, 0.1) is 29.2 Å². The van der Waals surface area contributed by atoms with Crippen LogP contribution in [0.15, 0.2) is 72.9 Å². The van der Waals surface area contributed by atoms with E-state index in [1.807, 2.05) is 48.2 Å². The predicted octanol–water partition coefficient (Wildman–Crippen LogP) is 6.22. The lowest BCUT2D eigenvalue weighted by atomic mass is 9.93. The first kappa shape index (κ1) is 39.5. The molecular weight excluding hydrogens is 759 g/mol. The third-order valence-electron chi connectivity index (χ3n) is 12.9. The van der Waals surface area contributed by atoms with Crippen LogP contribution >= 0.6 is 0 Å². The Morgan fingerprint density at radius 3 is 2.47 bits per heavy atom. The fraction of sp³-hybridized carbons (Fsp3) is 0.413. The highest BCUT2D eigenvalue weighted by atomic mass is 16.5. The van der Waals surface area contributed by atoms with Gasteiger partial charge in [-0.1, -0.05) is 18.2 Å². The van der Waals surface area contributed by atoms with E-state index < -0.39 is 0 Å². The van der Waals surface area contributed by atoms with E-state index in [4.69, 9.17) is 10.5 Å². The number of para-hydroxylation sites is 1. The number of piperidine rings is 2. The molecule has 14 nitrogen and oxygen atoms in total. The SMILES string of the molecule is Cc1cc(N2CCC(=O)NC2=O)c2ccn(C3CCN(CC4CCN(C(=O)c5ccc([C@H]6CN(c7cc(-c8ccccc8O)nnc7N)CCO6)c(C)c5)CC4)CC3)c2c1. The molecule has 14 heteroatoms. The lowest BCUT2D eigenvalue weighted by Crippen LogP contribution is -2.49. The van der Waals surface area contributed by atoms with E-state index in [9.17, 15) is 19.5 Å². The smallest absolute Gasteiger partial charge is 0.328 e. The minimum Gasteiger partial charge on any atom is -0.507 e. The average molecular weight is 812 g/mol. The first-order valence-electron chi connectivity index (χ1n) is 21.2. The van der Waals surface area contributed by atoms with Crippen LogP contribution in [0, 0.1) is 19.8 Å². The highest BCUT2D eigenvalue weighted by molar-refractivity contribution is 6.10.